The molecule has 1 aliphatic rings. The summed E-state index contributed by atoms with van der Waals surface area (Å²) in [6.45, 7) is 8.48. The number of hydrogen-bond donors (Lipinski definition) is 1. The van der Waals surface area contributed by atoms with E-state index in [4.69, 9.17) is 4.98 Å². The maximum atomic E-state index is 12.6. The van der Waals surface area contributed by atoms with Gasteiger partial charge in [0.1, 0.15) is 5.82 Å². The van der Waals surface area contributed by atoms with Crippen LogP contribution in [0.3, 0.4) is 0 Å². The molecular formula is C24H32N4O. The van der Waals surface area contributed by atoms with Gasteiger partial charge in [-0.05, 0) is 64.0 Å². The number of rotatable bonds is 6. The van der Waals surface area contributed by atoms with Gasteiger partial charge in [-0.3, -0.25) is 9.79 Å². The van der Waals surface area contributed by atoms with Crippen LogP contribution in [0.5, 0.6) is 0 Å². The van der Waals surface area contributed by atoms with Gasteiger partial charge in [-0.15, -0.1) is 0 Å². The molecule has 29 heavy (non-hydrogen) atoms. The number of anilines is 1. The molecule has 0 aromatic carbocycles. The molecule has 0 aliphatic heterocycles. The summed E-state index contributed by atoms with van der Waals surface area (Å²) in [4.78, 5) is 26.4. The summed E-state index contributed by atoms with van der Waals surface area (Å²) in [6.07, 6.45) is 10.9. The summed E-state index contributed by atoms with van der Waals surface area (Å²) in [5, 5.41) is 3.95. The predicted molar refractivity (Wildman–Crippen MR) is 121 cm³/mol. The first kappa shape index (κ1) is 21.2. The van der Waals surface area contributed by atoms with Crippen molar-refractivity contribution in [3.8, 4) is 0 Å². The largest absolute Gasteiger partial charge is 0.310 e. The number of nitrogens with zero attached hydrogens (tertiary/aromatic N) is 3. The molecule has 2 heterocycles. The maximum Gasteiger partial charge on any atom is 0.228 e. The highest BCUT2D eigenvalue weighted by atomic mass is 16.1. The fourth-order valence-corrected chi connectivity index (χ4v) is 3.60. The van der Waals surface area contributed by atoms with E-state index in [0.717, 1.165) is 60.2 Å². The van der Waals surface area contributed by atoms with Gasteiger partial charge >= 0.3 is 0 Å². The zero-order valence-corrected chi connectivity index (χ0v) is 18.0. The second-order valence-electron chi connectivity index (χ2n) is 8.18. The Morgan fingerprint density at radius 1 is 1.31 bits per heavy atom. The van der Waals surface area contributed by atoms with Crippen molar-refractivity contribution in [3.05, 3.63) is 36.2 Å². The molecule has 1 atom stereocenters. The Balaban J connectivity index is 1.78. The third-order valence-corrected chi connectivity index (χ3v) is 5.88. The van der Waals surface area contributed by atoms with Gasteiger partial charge in [0.25, 0.3) is 0 Å². The molecule has 2 aromatic heterocycles. The van der Waals surface area contributed by atoms with Crippen LogP contribution in [0.25, 0.3) is 16.5 Å². The van der Waals surface area contributed by atoms with E-state index in [0.29, 0.717) is 11.9 Å². The quantitative estimate of drug-likeness (QED) is 0.644. The summed E-state index contributed by atoms with van der Waals surface area (Å²) in [7, 11) is 0. The van der Waals surface area contributed by atoms with Gasteiger partial charge in [0.2, 0.25) is 5.91 Å². The lowest BCUT2D eigenvalue weighted by atomic mass is 9.82. The summed E-state index contributed by atoms with van der Waals surface area (Å²) in [5.74, 6) is 1.47. The summed E-state index contributed by atoms with van der Waals surface area (Å²) in [6, 6.07) is 6.16. The van der Waals surface area contributed by atoms with E-state index in [9.17, 15) is 4.79 Å². The van der Waals surface area contributed by atoms with Crippen LogP contribution in [0, 0.1) is 11.8 Å². The number of pyridine rings is 2. The summed E-state index contributed by atoms with van der Waals surface area (Å²) >= 11 is 0. The fraction of sp³-hybridized carbons (Fsp3) is 0.500. The van der Waals surface area contributed by atoms with Gasteiger partial charge in [-0.1, -0.05) is 19.9 Å². The van der Waals surface area contributed by atoms with Crippen molar-refractivity contribution in [3.63, 3.8) is 0 Å². The first-order valence-corrected chi connectivity index (χ1v) is 10.8. The van der Waals surface area contributed by atoms with E-state index in [-0.39, 0.29) is 11.8 Å². The van der Waals surface area contributed by atoms with E-state index in [1.165, 1.54) is 0 Å². The monoisotopic (exact) mass is 392 g/mol. The van der Waals surface area contributed by atoms with Crippen molar-refractivity contribution < 1.29 is 4.79 Å². The number of hydrogen-bond acceptors (Lipinski definition) is 4. The molecule has 5 nitrogen and oxygen atoms in total. The number of fused-ring (bicyclic) bond motifs is 1. The third-order valence-electron chi connectivity index (χ3n) is 5.88. The fourth-order valence-electron chi connectivity index (χ4n) is 3.60. The molecule has 0 radical (unpaired) electrons. The second-order valence-corrected chi connectivity index (χ2v) is 8.18. The minimum absolute atomic E-state index is 0.0785. The van der Waals surface area contributed by atoms with Crippen molar-refractivity contribution in [2.75, 3.05) is 5.32 Å². The molecule has 0 spiro atoms. The normalized spacial score (nSPS) is 21.4. The third kappa shape index (κ3) is 5.49. The molecule has 1 N–H and O–H groups in total. The Labute approximate surface area is 173 Å². The molecule has 1 fully saturated rings. The molecule has 1 unspecified atom stereocenters. The van der Waals surface area contributed by atoms with E-state index in [2.05, 4.69) is 36.1 Å². The molecular weight excluding hydrogens is 360 g/mol. The number of nitrogens with one attached hydrogen (secondary N) is 1. The van der Waals surface area contributed by atoms with Gasteiger partial charge in [0.05, 0.1) is 11.2 Å². The Morgan fingerprint density at radius 3 is 2.76 bits per heavy atom. The lowest BCUT2D eigenvalue weighted by molar-refractivity contribution is -0.121. The minimum Gasteiger partial charge on any atom is -0.310 e. The predicted octanol–water partition coefficient (Wildman–Crippen LogP) is 5.67. The summed E-state index contributed by atoms with van der Waals surface area (Å²) < 4.78 is 0. The summed E-state index contributed by atoms with van der Waals surface area (Å²) in [5.41, 5.74) is 2.68. The van der Waals surface area contributed by atoms with Gasteiger partial charge in [0.15, 0.2) is 0 Å². The Kier molecular flexibility index (Phi) is 7.13. The SMILES string of the molecule is C/C=C(\C=NC(C)CC)c1ccc2cnc(NC(=O)C3CCC(C)CC3)cc2n1. The number of allylic oxidation sites excluding steroid dienone is 2. The molecule has 1 amide bonds. The highest BCUT2D eigenvalue weighted by Gasteiger charge is 2.24. The number of aromatic nitrogens is 2. The maximum absolute atomic E-state index is 12.6. The number of aliphatic imine (C=N–C) groups is 1. The van der Waals surface area contributed by atoms with Crippen LogP contribution >= 0.6 is 0 Å². The topological polar surface area (TPSA) is 67.2 Å². The first-order valence-electron chi connectivity index (χ1n) is 10.8. The number of carbonyl (C=O) groups is 1. The average Bonchev–Trinajstić information content (AvgIpc) is 2.74. The van der Waals surface area contributed by atoms with Crippen LogP contribution in [0.2, 0.25) is 0 Å². The van der Waals surface area contributed by atoms with Crippen molar-refractivity contribution in [2.45, 2.75) is 65.8 Å². The zero-order valence-electron chi connectivity index (χ0n) is 18.0. The Hall–Kier alpha value is -2.56. The Morgan fingerprint density at radius 2 is 2.07 bits per heavy atom. The van der Waals surface area contributed by atoms with E-state index in [1.54, 1.807) is 6.20 Å². The van der Waals surface area contributed by atoms with E-state index in [1.807, 2.05) is 37.4 Å². The Bertz CT molecular complexity index is 910. The lowest BCUT2D eigenvalue weighted by Gasteiger charge is -2.25. The number of amides is 1. The molecule has 2 aromatic rings. The molecule has 0 bridgehead atoms. The standard InChI is InChI=1S/C24H32N4O/c1-5-17(4)25-14-18(6-2)21-12-11-20-15-26-23(13-22(20)27-21)28-24(29)19-9-7-16(3)8-10-19/h6,11-17,19H,5,7-10H2,1-4H3,(H,26,28,29)/b18-6+,25-14?. The van der Waals surface area contributed by atoms with Gasteiger partial charge < -0.3 is 5.32 Å². The lowest BCUT2D eigenvalue weighted by Crippen LogP contribution is -2.26. The van der Waals surface area contributed by atoms with Crippen LogP contribution in [-0.2, 0) is 4.79 Å². The minimum atomic E-state index is 0.0785. The van der Waals surface area contributed by atoms with Crippen LogP contribution in [0.4, 0.5) is 5.82 Å². The molecule has 0 saturated heterocycles. The van der Waals surface area contributed by atoms with E-state index >= 15 is 0 Å². The molecule has 1 aliphatic carbocycles. The van der Waals surface area contributed by atoms with Gasteiger partial charge in [-0.25, -0.2) is 9.97 Å². The first-order chi connectivity index (χ1) is 14.0. The molecule has 1 saturated carbocycles. The van der Waals surface area contributed by atoms with Crippen LogP contribution in [0.1, 0.15) is 65.5 Å². The van der Waals surface area contributed by atoms with Crippen molar-refractivity contribution in [1.29, 1.82) is 0 Å². The smallest absolute Gasteiger partial charge is 0.228 e. The zero-order chi connectivity index (χ0) is 20.8. The molecule has 154 valence electrons. The van der Waals surface area contributed by atoms with Crippen molar-refractivity contribution >= 4 is 34.4 Å². The second kappa shape index (κ2) is 9.77. The van der Waals surface area contributed by atoms with Crippen molar-refractivity contribution in [2.24, 2.45) is 16.8 Å². The molecule has 5 heteroatoms. The van der Waals surface area contributed by atoms with Crippen LogP contribution in [0.15, 0.2) is 35.5 Å². The van der Waals surface area contributed by atoms with Gasteiger partial charge in [0, 0.05) is 41.4 Å². The molecule has 3 rings (SSSR count). The van der Waals surface area contributed by atoms with E-state index < -0.39 is 0 Å². The average molecular weight is 393 g/mol. The highest BCUT2D eigenvalue weighted by molar-refractivity contribution is 6.09. The van der Waals surface area contributed by atoms with Crippen LogP contribution < -0.4 is 5.32 Å². The number of carbonyl (C=O) groups excluding carboxylic acids is 1. The van der Waals surface area contributed by atoms with Crippen LogP contribution in [-0.4, -0.2) is 28.1 Å². The highest BCUT2D eigenvalue weighted by Crippen LogP contribution is 2.29. The van der Waals surface area contributed by atoms with Crippen molar-refractivity contribution in [1.82, 2.24) is 9.97 Å². The van der Waals surface area contributed by atoms with Gasteiger partial charge in [-0.2, -0.15) is 0 Å².